The first kappa shape index (κ1) is 14.6. The smallest absolute Gasteiger partial charge is 0.276 e. The lowest BCUT2D eigenvalue weighted by atomic mass is 10.1. The molecule has 0 saturated heterocycles. The molecule has 106 valence electrons. The van der Waals surface area contributed by atoms with Crippen molar-refractivity contribution in [1.82, 2.24) is 10.1 Å². The molecule has 1 aromatic heterocycles. The van der Waals surface area contributed by atoms with Crippen molar-refractivity contribution in [3.05, 3.63) is 41.0 Å². The molecule has 1 unspecified atom stereocenters. The predicted octanol–water partition coefficient (Wildman–Crippen LogP) is 2.45. The maximum Gasteiger partial charge on any atom is 0.276 e. The minimum absolute atomic E-state index is 0.110. The first-order chi connectivity index (χ1) is 9.52. The van der Waals surface area contributed by atoms with Crippen LogP contribution in [0.1, 0.15) is 17.4 Å². The minimum atomic E-state index is -0.302. The highest BCUT2D eigenvalue weighted by atomic mass is 35.5. The first-order valence-electron chi connectivity index (χ1n) is 6.13. The molecule has 20 heavy (non-hydrogen) atoms. The molecule has 0 radical (unpaired) electrons. The summed E-state index contributed by atoms with van der Waals surface area (Å²) in [6, 6.07) is 8.38. The number of benzene rings is 1. The highest BCUT2D eigenvalue weighted by Crippen LogP contribution is 2.23. The van der Waals surface area contributed by atoms with Crippen LogP contribution in [0, 0.1) is 0 Å². The van der Waals surface area contributed by atoms with Crippen LogP contribution in [-0.4, -0.2) is 40.8 Å². The van der Waals surface area contributed by atoms with Gasteiger partial charge >= 0.3 is 0 Å². The van der Waals surface area contributed by atoms with Crippen LogP contribution in [0.3, 0.4) is 0 Å². The van der Waals surface area contributed by atoms with Crippen LogP contribution >= 0.6 is 11.6 Å². The summed E-state index contributed by atoms with van der Waals surface area (Å²) in [5, 5.41) is 13.4. The van der Waals surface area contributed by atoms with Gasteiger partial charge in [0.2, 0.25) is 0 Å². The fraction of sp³-hybridized carbons (Fsp3) is 0.286. The fourth-order valence-corrected chi connectivity index (χ4v) is 1.85. The Bertz CT molecular complexity index is 612. The summed E-state index contributed by atoms with van der Waals surface area (Å²) in [7, 11) is 1.61. The summed E-state index contributed by atoms with van der Waals surface area (Å²) < 4.78 is 5.17. The number of carbonyl (C=O) groups is 1. The molecule has 1 aromatic carbocycles. The van der Waals surface area contributed by atoms with Crippen LogP contribution in [-0.2, 0) is 0 Å². The zero-order chi connectivity index (χ0) is 14.7. The number of nitrogens with zero attached hydrogens (tertiary/aromatic N) is 2. The molecule has 0 fully saturated rings. The van der Waals surface area contributed by atoms with Gasteiger partial charge in [0.05, 0.1) is 12.6 Å². The topological polar surface area (TPSA) is 66.6 Å². The number of aliphatic hydroxyl groups excluding tert-OH is 1. The zero-order valence-electron chi connectivity index (χ0n) is 11.2. The Morgan fingerprint density at radius 1 is 1.50 bits per heavy atom. The number of halogens is 1. The third kappa shape index (κ3) is 3.00. The Morgan fingerprint density at radius 2 is 2.25 bits per heavy atom. The van der Waals surface area contributed by atoms with Gasteiger partial charge < -0.3 is 14.5 Å². The lowest BCUT2D eigenvalue weighted by molar-refractivity contribution is 0.0672. The quantitative estimate of drug-likeness (QED) is 0.940. The molecule has 0 aliphatic heterocycles. The number of hydrogen-bond acceptors (Lipinski definition) is 4. The van der Waals surface area contributed by atoms with E-state index >= 15 is 0 Å². The monoisotopic (exact) mass is 294 g/mol. The molecule has 1 N–H and O–H groups in total. The number of aromatic nitrogens is 1. The van der Waals surface area contributed by atoms with Crippen molar-refractivity contribution in [3.63, 3.8) is 0 Å². The third-order valence-electron chi connectivity index (χ3n) is 3.08. The Kier molecular flexibility index (Phi) is 4.42. The third-order valence-corrected chi connectivity index (χ3v) is 3.32. The van der Waals surface area contributed by atoms with E-state index in [0.29, 0.717) is 10.8 Å². The van der Waals surface area contributed by atoms with E-state index in [-0.39, 0.29) is 24.2 Å². The average molecular weight is 295 g/mol. The van der Waals surface area contributed by atoms with E-state index in [4.69, 9.17) is 21.2 Å². The molecule has 1 amide bonds. The Balaban J connectivity index is 2.23. The van der Waals surface area contributed by atoms with Crippen molar-refractivity contribution in [1.29, 1.82) is 0 Å². The molecule has 0 aliphatic rings. The van der Waals surface area contributed by atoms with Crippen molar-refractivity contribution < 1.29 is 14.4 Å². The van der Waals surface area contributed by atoms with Crippen molar-refractivity contribution in [2.45, 2.75) is 13.0 Å². The summed E-state index contributed by atoms with van der Waals surface area (Å²) in [4.78, 5) is 13.5. The lowest BCUT2D eigenvalue weighted by Crippen LogP contribution is -2.37. The second kappa shape index (κ2) is 6.07. The summed E-state index contributed by atoms with van der Waals surface area (Å²) in [5.74, 6) is 0.171. The number of likely N-dealkylation sites (N-methyl/N-ethyl adjacent to an activating group) is 1. The van der Waals surface area contributed by atoms with Gasteiger partial charge in [-0.05, 0) is 19.1 Å². The SMILES string of the molecule is CC(CO)N(C)C(=O)c1cc(-c2cccc(Cl)c2)on1. The summed E-state index contributed by atoms with van der Waals surface area (Å²) in [6.07, 6.45) is 0. The molecule has 0 bridgehead atoms. The highest BCUT2D eigenvalue weighted by molar-refractivity contribution is 6.30. The van der Waals surface area contributed by atoms with Crippen LogP contribution < -0.4 is 0 Å². The lowest BCUT2D eigenvalue weighted by Gasteiger charge is -2.21. The van der Waals surface area contributed by atoms with E-state index in [9.17, 15) is 4.79 Å². The molecule has 2 aromatic rings. The van der Waals surface area contributed by atoms with E-state index in [0.717, 1.165) is 5.56 Å². The van der Waals surface area contributed by atoms with Crippen LogP contribution in [0.15, 0.2) is 34.9 Å². The molecule has 0 spiro atoms. The summed E-state index contributed by atoms with van der Waals surface area (Å²) in [6.45, 7) is 1.64. The van der Waals surface area contributed by atoms with Crippen molar-refractivity contribution in [2.75, 3.05) is 13.7 Å². The van der Waals surface area contributed by atoms with Gasteiger partial charge in [-0.2, -0.15) is 0 Å². The van der Waals surface area contributed by atoms with Gasteiger partial charge in [0.15, 0.2) is 11.5 Å². The van der Waals surface area contributed by atoms with E-state index in [1.165, 1.54) is 4.90 Å². The van der Waals surface area contributed by atoms with Crippen molar-refractivity contribution in [2.24, 2.45) is 0 Å². The van der Waals surface area contributed by atoms with Crippen LogP contribution in [0.5, 0.6) is 0 Å². The van der Waals surface area contributed by atoms with Crippen molar-refractivity contribution >= 4 is 17.5 Å². The second-order valence-electron chi connectivity index (χ2n) is 4.53. The van der Waals surface area contributed by atoms with Crippen LogP contribution in [0.25, 0.3) is 11.3 Å². The Hall–Kier alpha value is -1.85. The minimum Gasteiger partial charge on any atom is -0.394 e. The predicted molar refractivity (Wildman–Crippen MR) is 75.6 cm³/mol. The number of carbonyl (C=O) groups excluding carboxylic acids is 1. The molecule has 1 atom stereocenters. The Labute approximate surface area is 121 Å². The van der Waals surface area contributed by atoms with E-state index in [1.807, 2.05) is 6.07 Å². The van der Waals surface area contributed by atoms with Gasteiger partial charge in [-0.3, -0.25) is 4.79 Å². The van der Waals surface area contributed by atoms with Crippen LogP contribution in [0.2, 0.25) is 5.02 Å². The van der Waals surface area contributed by atoms with Gasteiger partial charge in [-0.15, -0.1) is 0 Å². The highest BCUT2D eigenvalue weighted by Gasteiger charge is 2.21. The molecular weight excluding hydrogens is 280 g/mol. The number of aliphatic hydroxyl groups is 1. The summed E-state index contributed by atoms with van der Waals surface area (Å²) >= 11 is 5.91. The number of rotatable bonds is 4. The summed E-state index contributed by atoms with van der Waals surface area (Å²) in [5.41, 5.74) is 0.949. The molecule has 1 heterocycles. The van der Waals surface area contributed by atoms with Gasteiger partial charge in [-0.1, -0.05) is 28.9 Å². The van der Waals surface area contributed by atoms with E-state index in [1.54, 1.807) is 38.2 Å². The second-order valence-corrected chi connectivity index (χ2v) is 4.97. The molecule has 0 aliphatic carbocycles. The molecule has 5 nitrogen and oxygen atoms in total. The normalized spacial score (nSPS) is 12.2. The van der Waals surface area contributed by atoms with E-state index < -0.39 is 0 Å². The fourth-order valence-electron chi connectivity index (χ4n) is 1.66. The Morgan fingerprint density at radius 3 is 2.90 bits per heavy atom. The maximum atomic E-state index is 12.1. The maximum absolute atomic E-state index is 12.1. The van der Waals surface area contributed by atoms with Gasteiger partial charge in [0.25, 0.3) is 5.91 Å². The van der Waals surface area contributed by atoms with Crippen LogP contribution in [0.4, 0.5) is 0 Å². The molecule has 0 saturated carbocycles. The molecular formula is C14H15ClN2O3. The van der Waals surface area contributed by atoms with E-state index in [2.05, 4.69) is 5.16 Å². The number of hydrogen-bond donors (Lipinski definition) is 1. The molecule has 2 rings (SSSR count). The zero-order valence-corrected chi connectivity index (χ0v) is 12.0. The van der Waals surface area contributed by atoms with Gasteiger partial charge in [0.1, 0.15) is 0 Å². The number of amides is 1. The standard InChI is InChI=1S/C14H15ClN2O3/c1-9(8-18)17(2)14(19)12-7-13(20-16-12)10-4-3-5-11(15)6-10/h3-7,9,18H,8H2,1-2H3. The largest absolute Gasteiger partial charge is 0.394 e. The molecule has 6 heteroatoms. The van der Waals surface area contributed by atoms with Crippen molar-refractivity contribution in [3.8, 4) is 11.3 Å². The van der Waals surface area contributed by atoms with Gasteiger partial charge in [0, 0.05) is 23.7 Å². The van der Waals surface area contributed by atoms with Gasteiger partial charge in [-0.25, -0.2) is 0 Å². The first-order valence-corrected chi connectivity index (χ1v) is 6.51. The average Bonchev–Trinajstić information content (AvgIpc) is 2.94.